The molecule has 0 atom stereocenters. The maximum Gasteiger partial charge on any atom is 0.215 e. The topological polar surface area (TPSA) is 83.6 Å². The van der Waals surface area contributed by atoms with Gasteiger partial charge in [-0.2, -0.15) is 4.31 Å². The van der Waals surface area contributed by atoms with Crippen LogP contribution in [0, 0.1) is 0 Å². The molecule has 0 heterocycles. The van der Waals surface area contributed by atoms with Gasteiger partial charge in [0.05, 0.1) is 12.4 Å². The Morgan fingerprint density at radius 1 is 1.25 bits per heavy atom. The van der Waals surface area contributed by atoms with Gasteiger partial charge in [-0.1, -0.05) is 6.92 Å². The Morgan fingerprint density at radius 2 is 1.90 bits per heavy atom. The van der Waals surface area contributed by atoms with Crippen LogP contribution in [0.4, 0.5) is 5.69 Å². The predicted molar refractivity (Wildman–Crippen MR) is 84.3 cm³/mol. The average molecular weight is 318 g/mol. The number of hydrogen-bond acceptors (Lipinski definition) is 5. The first-order valence-corrected chi connectivity index (χ1v) is 9.16. The molecule has 114 valence electrons. The molecule has 0 aromatic heterocycles. The van der Waals surface area contributed by atoms with Crippen LogP contribution in [0.5, 0.6) is 0 Å². The lowest BCUT2D eigenvalue weighted by atomic mass is 10.3. The van der Waals surface area contributed by atoms with Crippen molar-refractivity contribution < 1.29 is 13.5 Å². The number of sulfonamides is 1. The zero-order chi connectivity index (χ0) is 15.0. The van der Waals surface area contributed by atoms with Crippen molar-refractivity contribution in [3.8, 4) is 0 Å². The summed E-state index contributed by atoms with van der Waals surface area (Å²) < 4.78 is 25.6. The largest absolute Gasteiger partial charge is 0.399 e. The number of anilines is 1. The highest BCUT2D eigenvalue weighted by Gasteiger charge is 2.20. The molecule has 0 bridgehead atoms. The summed E-state index contributed by atoms with van der Waals surface area (Å²) in [5.41, 5.74) is 6.29. The van der Waals surface area contributed by atoms with E-state index in [4.69, 9.17) is 10.8 Å². The van der Waals surface area contributed by atoms with E-state index in [9.17, 15) is 8.42 Å². The molecule has 0 spiro atoms. The van der Waals surface area contributed by atoms with Crippen LogP contribution >= 0.6 is 11.8 Å². The normalized spacial score (nSPS) is 11.9. The van der Waals surface area contributed by atoms with Crippen LogP contribution in [0.1, 0.15) is 13.3 Å². The molecule has 0 aliphatic rings. The van der Waals surface area contributed by atoms with E-state index in [1.165, 1.54) is 16.1 Å². The van der Waals surface area contributed by atoms with Gasteiger partial charge in [0.1, 0.15) is 0 Å². The lowest BCUT2D eigenvalue weighted by Crippen LogP contribution is -2.36. The van der Waals surface area contributed by atoms with Gasteiger partial charge in [0.25, 0.3) is 0 Å². The first-order chi connectivity index (χ1) is 9.49. The molecule has 0 aliphatic heterocycles. The van der Waals surface area contributed by atoms with Gasteiger partial charge in [0, 0.05) is 29.4 Å². The third-order valence-corrected chi connectivity index (χ3v) is 5.85. The summed E-state index contributed by atoms with van der Waals surface area (Å²) >= 11 is 1.49. The second-order valence-corrected chi connectivity index (χ2v) is 7.61. The molecule has 5 nitrogen and oxygen atoms in total. The van der Waals surface area contributed by atoms with Crippen LogP contribution in [0.15, 0.2) is 29.2 Å². The van der Waals surface area contributed by atoms with Gasteiger partial charge < -0.3 is 10.8 Å². The zero-order valence-corrected chi connectivity index (χ0v) is 13.3. The van der Waals surface area contributed by atoms with E-state index in [2.05, 4.69) is 0 Å². The molecule has 0 aliphatic carbocycles. The number of nitrogens with zero attached hydrogens (tertiary/aromatic N) is 1. The van der Waals surface area contributed by atoms with E-state index < -0.39 is 10.0 Å². The third-order valence-electron chi connectivity index (χ3n) is 2.71. The van der Waals surface area contributed by atoms with Gasteiger partial charge in [0.15, 0.2) is 0 Å². The van der Waals surface area contributed by atoms with Crippen LogP contribution in [0.25, 0.3) is 0 Å². The predicted octanol–water partition coefficient (Wildman–Crippen LogP) is 1.39. The molecule has 20 heavy (non-hydrogen) atoms. The number of aliphatic hydroxyl groups is 1. The maximum atomic E-state index is 12.1. The summed E-state index contributed by atoms with van der Waals surface area (Å²) in [7, 11) is -3.30. The zero-order valence-electron chi connectivity index (χ0n) is 11.7. The summed E-state index contributed by atoms with van der Waals surface area (Å²) in [5, 5.41) is 8.93. The summed E-state index contributed by atoms with van der Waals surface area (Å²) in [6, 6.07) is 7.35. The third kappa shape index (κ3) is 5.70. The molecule has 0 amide bonds. The van der Waals surface area contributed by atoms with Gasteiger partial charge in [0.2, 0.25) is 10.0 Å². The van der Waals surface area contributed by atoms with E-state index in [1.54, 1.807) is 12.1 Å². The van der Waals surface area contributed by atoms with Gasteiger partial charge >= 0.3 is 0 Å². The van der Waals surface area contributed by atoms with Crippen molar-refractivity contribution in [3.63, 3.8) is 0 Å². The van der Waals surface area contributed by atoms with Crippen LogP contribution in [-0.4, -0.2) is 49.0 Å². The van der Waals surface area contributed by atoms with Crippen molar-refractivity contribution >= 4 is 27.5 Å². The summed E-state index contributed by atoms with van der Waals surface area (Å²) in [5.74, 6) is 0.555. The van der Waals surface area contributed by atoms with Gasteiger partial charge in [-0.05, 0) is 30.7 Å². The number of benzene rings is 1. The van der Waals surface area contributed by atoms with E-state index in [0.717, 1.165) is 11.3 Å². The van der Waals surface area contributed by atoms with E-state index in [0.29, 0.717) is 18.0 Å². The van der Waals surface area contributed by atoms with Crippen molar-refractivity contribution in [3.05, 3.63) is 24.3 Å². The number of aliphatic hydroxyl groups excluding tert-OH is 1. The molecule has 0 saturated carbocycles. The van der Waals surface area contributed by atoms with E-state index in [1.807, 2.05) is 19.1 Å². The number of nitrogens with two attached hydrogens (primary N) is 1. The fourth-order valence-electron chi connectivity index (χ4n) is 1.71. The number of hydrogen-bond donors (Lipinski definition) is 2. The Kier molecular flexibility index (Phi) is 7.36. The molecular weight excluding hydrogens is 296 g/mol. The van der Waals surface area contributed by atoms with E-state index in [-0.39, 0.29) is 18.9 Å². The highest BCUT2D eigenvalue weighted by Crippen LogP contribution is 2.19. The minimum Gasteiger partial charge on any atom is -0.399 e. The van der Waals surface area contributed by atoms with Crippen LogP contribution in [0.3, 0.4) is 0 Å². The average Bonchev–Trinajstić information content (AvgIpc) is 2.41. The summed E-state index contributed by atoms with van der Waals surface area (Å²) in [4.78, 5) is 0.999. The first kappa shape index (κ1) is 17.3. The minimum atomic E-state index is -3.30. The first-order valence-electron chi connectivity index (χ1n) is 6.56. The highest BCUT2D eigenvalue weighted by molar-refractivity contribution is 8.00. The molecule has 0 saturated heterocycles. The Morgan fingerprint density at radius 3 is 2.45 bits per heavy atom. The van der Waals surface area contributed by atoms with Crippen molar-refractivity contribution in [1.29, 1.82) is 0 Å². The lowest BCUT2D eigenvalue weighted by Gasteiger charge is -2.20. The van der Waals surface area contributed by atoms with Crippen LogP contribution in [0.2, 0.25) is 0 Å². The van der Waals surface area contributed by atoms with Crippen LogP contribution < -0.4 is 5.73 Å². The van der Waals surface area contributed by atoms with Gasteiger partial charge in [-0.3, -0.25) is 0 Å². The summed E-state index contributed by atoms with van der Waals surface area (Å²) in [6.07, 6.45) is 0.740. The fourth-order valence-corrected chi connectivity index (χ4v) is 4.53. The van der Waals surface area contributed by atoms with Crippen molar-refractivity contribution in [2.24, 2.45) is 0 Å². The van der Waals surface area contributed by atoms with E-state index >= 15 is 0 Å². The molecule has 1 rings (SSSR count). The fraction of sp³-hybridized carbons (Fsp3) is 0.538. The molecular formula is C13H22N2O3S2. The second kappa shape index (κ2) is 8.51. The molecule has 7 heteroatoms. The summed E-state index contributed by atoms with van der Waals surface area (Å²) in [6.45, 7) is 2.39. The van der Waals surface area contributed by atoms with Crippen LogP contribution in [-0.2, 0) is 10.0 Å². The Labute approximate surface area is 125 Å². The standard InChI is InChI=1S/C13H22N2O3S2/c1-2-7-15(8-9-16)20(17,18)11-10-19-13-5-3-12(14)4-6-13/h3-6,16H,2,7-11,14H2,1H3. The smallest absolute Gasteiger partial charge is 0.215 e. The Hall–Kier alpha value is -0.760. The van der Waals surface area contributed by atoms with Crippen molar-refractivity contribution in [2.75, 3.05) is 36.9 Å². The lowest BCUT2D eigenvalue weighted by molar-refractivity contribution is 0.254. The molecule has 3 N–H and O–H groups in total. The number of thioether (sulfide) groups is 1. The number of nitrogen functional groups attached to an aromatic ring is 1. The molecule has 0 fully saturated rings. The SMILES string of the molecule is CCCN(CCO)S(=O)(=O)CCSc1ccc(N)cc1. The highest BCUT2D eigenvalue weighted by atomic mass is 32.2. The van der Waals surface area contributed by atoms with Crippen molar-refractivity contribution in [2.45, 2.75) is 18.2 Å². The maximum absolute atomic E-state index is 12.1. The molecule has 0 unspecified atom stereocenters. The molecule has 1 aromatic carbocycles. The van der Waals surface area contributed by atoms with Gasteiger partial charge in [-0.15, -0.1) is 11.8 Å². The monoisotopic (exact) mass is 318 g/mol. The number of rotatable bonds is 9. The molecule has 0 radical (unpaired) electrons. The Bertz CT molecular complexity index is 483. The van der Waals surface area contributed by atoms with Crippen molar-refractivity contribution in [1.82, 2.24) is 4.31 Å². The molecule has 1 aromatic rings. The Balaban J connectivity index is 2.51. The minimum absolute atomic E-state index is 0.0715. The quantitative estimate of drug-likeness (QED) is 0.531. The van der Waals surface area contributed by atoms with Gasteiger partial charge in [-0.25, -0.2) is 8.42 Å². The second-order valence-electron chi connectivity index (χ2n) is 4.36.